The van der Waals surface area contributed by atoms with Gasteiger partial charge in [0.25, 0.3) is 0 Å². The predicted molar refractivity (Wildman–Crippen MR) is 87.1 cm³/mol. The van der Waals surface area contributed by atoms with Crippen LogP contribution in [0.3, 0.4) is 0 Å². The van der Waals surface area contributed by atoms with Crippen LogP contribution in [0.2, 0.25) is 0 Å². The van der Waals surface area contributed by atoms with E-state index >= 15 is 0 Å². The lowest BCUT2D eigenvalue weighted by molar-refractivity contribution is -0.142. The number of carbonyl (C=O) groups is 1. The maximum absolute atomic E-state index is 12.9. The van der Waals surface area contributed by atoms with Gasteiger partial charge in [0.15, 0.2) is 0 Å². The molecule has 0 bridgehead atoms. The summed E-state index contributed by atoms with van der Waals surface area (Å²) < 4.78 is 44.4. The normalized spacial score (nSPS) is 17.4. The third-order valence-corrected chi connectivity index (χ3v) is 5.76. The highest BCUT2D eigenvalue weighted by Crippen LogP contribution is 2.24. The van der Waals surface area contributed by atoms with E-state index in [1.54, 1.807) is 0 Å². The van der Waals surface area contributed by atoms with Crippen molar-refractivity contribution in [3.63, 3.8) is 0 Å². The van der Waals surface area contributed by atoms with Gasteiger partial charge >= 0.3 is 5.97 Å². The minimum atomic E-state index is -3.73. The number of nitrogens with zero attached hydrogens (tertiary/aromatic N) is 2. The lowest BCUT2D eigenvalue weighted by Gasteiger charge is -2.29. The van der Waals surface area contributed by atoms with Crippen molar-refractivity contribution in [3.05, 3.63) is 30.2 Å². The largest absolute Gasteiger partial charge is 0.481 e. The lowest BCUT2D eigenvalue weighted by atomic mass is 9.99. The van der Waals surface area contributed by atoms with Crippen molar-refractivity contribution < 1.29 is 27.4 Å². The van der Waals surface area contributed by atoms with E-state index in [-0.39, 0.29) is 49.9 Å². The van der Waals surface area contributed by atoms with E-state index < -0.39 is 27.7 Å². The molecule has 0 radical (unpaired) electrons. The second-order valence-corrected chi connectivity index (χ2v) is 7.45. The van der Waals surface area contributed by atoms with Crippen molar-refractivity contribution >= 4 is 16.0 Å². The molecule has 8 nitrogen and oxygen atoms in total. The van der Waals surface area contributed by atoms with E-state index in [0.717, 1.165) is 6.20 Å². The van der Waals surface area contributed by atoms with Gasteiger partial charge in [0, 0.05) is 25.7 Å². The van der Waals surface area contributed by atoms with Gasteiger partial charge in [-0.15, -0.1) is 0 Å². The van der Waals surface area contributed by atoms with Crippen molar-refractivity contribution in [1.82, 2.24) is 9.29 Å². The van der Waals surface area contributed by atoms with Gasteiger partial charge in [0.05, 0.1) is 12.1 Å². The number of piperidine rings is 1. The number of sulfonamides is 1. The van der Waals surface area contributed by atoms with Crippen LogP contribution < -0.4 is 10.5 Å². The van der Waals surface area contributed by atoms with E-state index in [1.165, 1.54) is 22.5 Å². The number of nitrogens with two attached hydrogens (primary N) is 1. The van der Waals surface area contributed by atoms with Gasteiger partial charge in [-0.3, -0.25) is 4.79 Å². The average Bonchev–Trinajstić information content (AvgIpc) is 2.62. The van der Waals surface area contributed by atoms with E-state index in [0.29, 0.717) is 0 Å². The number of aliphatic carboxylic acids is 1. The highest BCUT2D eigenvalue weighted by Gasteiger charge is 2.32. The first-order valence-electron chi connectivity index (χ1n) is 7.71. The fraction of sp³-hybridized carbons (Fsp3) is 0.467. The van der Waals surface area contributed by atoms with Crippen molar-refractivity contribution in [1.29, 1.82) is 0 Å². The zero-order valence-electron chi connectivity index (χ0n) is 13.5. The maximum atomic E-state index is 12.9. The van der Waals surface area contributed by atoms with Gasteiger partial charge in [-0.1, -0.05) is 0 Å². The van der Waals surface area contributed by atoms with Crippen LogP contribution in [-0.4, -0.2) is 55.0 Å². The smallest absolute Gasteiger partial charge is 0.306 e. The number of rotatable bonds is 7. The van der Waals surface area contributed by atoms with Gasteiger partial charge in [0.2, 0.25) is 15.9 Å². The highest BCUT2D eigenvalue weighted by molar-refractivity contribution is 7.89. The maximum Gasteiger partial charge on any atom is 0.306 e. The molecule has 0 aromatic carbocycles. The molecule has 10 heteroatoms. The molecule has 1 saturated heterocycles. The number of ether oxygens (including phenoxy) is 1. The summed E-state index contributed by atoms with van der Waals surface area (Å²) in [7, 11) is -3.73. The van der Waals surface area contributed by atoms with Gasteiger partial charge in [-0.05, 0) is 25.0 Å². The van der Waals surface area contributed by atoms with E-state index in [9.17, 15) is 17.6 Å². The quantitative estimate of drug-likeness (QED) is 0.723. The number of aromatic nitrogens is 1. The molecule has 0 amide bonds. The Labute approximate surface area is 145 Å². The molecule has 2 heterocycles. The molecular weight excluding hydrogens is 353 g/mol. The number of carboxylic acids is 1. The van der Waals surface area contributed by atoms with Gasteiger partial charge in [0.1, 0.15) is 17.3 Å². The monoisotopic (exact) mass is 373 g/mol. The lowest BCUT2D eigenvalue weighted by Crippen LogP contribution is -2.40. The molecule has 1 aromatic rings. The first kappa shape index (κ1) is 19.3. The zero-order chi connectivity index (χ0) is 18.4. The van der Waals surface area contributed by atoms with E-state index in [2.05, 4.69) is 4.98 Å². The SMILES string of the molecule is NC/C(F)=C/COc1ccc(S(=O)(=O)N2CCC(C(=O)O)CC2)cn1. The topological polar surface area (TPSA) is 123 Å². The Bertz CT molecular complexity index is 728. The zero-order valence-corrected chi connectivity index (χ0v) is 14.3. The van der Waals surface area contributed by atoms with Crippen LogP contribution in [0.25, 0.3) is 0 Å². The average molecular weight is 373 g/mol. The Morgan fingerprint density at radius 2 is 2.12 bits per heavy atom. The summed E-state index contributed by atoms with van der Waals surface area (Å²) in [5, 5.41) is 8.97. The van der Waals surface area contributed by atoms with Crippen molar-refractivity contribution in [2.45, 2.75) is 17.7 Å². The Balaban J connectivity index is 1.99. The summed E-state index contributed by atoms with van der Waals surface area (Å²) in [6.07, 6.45) is 2.89. The van der Waals surface area contributed by atoms with Crippen LogP contribution in [-0.2, 0) is 14.8 Å². The highest BCUT2D eigenvalue weighted by atomic mass is 32.2. The molecule has 1 aromatic heterocycles. The number of pyridine rings is 1. The molecule has 3 N–H and O–H groups in total. The van der Waals surface area contributed by atoms with Gasteiger partial charge < -0.3 is 15.6 Å². The van der Waals surface area contributed by atoms with Crippen LogP contribution in [0.5, 0.6) is 5.88 Å². The molecule has 138 valence electrons. The van der Waals surface area contributed by atoms with Crippen molar-refractivity contribution in [2.75, 3.05) is 26.2 Å². The second kappa shape index (κ2) is 8.37. The van der Waals surface area contributed by atoms with Crippen LogP contribution in [0.1, 0.15) is 12.8 Å². The fourth-order valence-corrected chi connectivity index (χ4v) is 3.81. The number of hydrogen-bond donors (Lipinski definition) is 2. The molecule has 0 spiro atoms. The summed E-state index contributed by atoms with van der Waals surface area (Å²) in [6.45, 7) is 0.0266. The number of halogens is 1. The van der Waals surface area contributed by atoms with Crippen LogP contribution in [0.4, 0.5) is 4.39 Å². The fourth-order valence-electron chi connectivity index (χ4n) is 2.40. The van der Waals surface area contributed by atoms with E-state index in [4.69, 9.17) is 15.6 Å². The predicted octanol–water partition coefficient (Wildman–Crippen LogP) is 0.758. The summed E-state index contributed by atoms with van der Waals surface area (Å²) in [6, 6.07) is 2.73. The summed E-state index contributed by atoms with van der Waals surface area (Å²) in [4.78, 5) is 14.8. The molecule has 0 saturated carbocycles. The molecule has 0 atom stereocenters. The van der Waals surface area contributed by atoms with Crippen molar-refractivity contribution in [2.24, 2.45) is 11.7 Å². The Kier molecular flexibility index (Phi) is 6.45. The molecular formula is C15H20FN3O5S. The first-order valence-corrected chi connectivity index (χ1v) is 9.15. The third kappa shape index (κ3) is 4.97. The Morgan fingerprint density at radius 1 is 1.44 bits per heavy atom. The molecule has 1 aliphatic rings. The first-order chi connectivity index (χ1) is 11.8. The molecule has 0 unspecified atom stereocenters. The van der Waals surface area contributed by atoms with Crippen molar-refractivity contribution in [3.8, 4) is 5.88 Å². The summed E-state index contributed by atoms with van der Waals surface area (Å²) in [5.41, 5.74) is 5.10. The molecule has 0 aliphatic carbocycles. The summed E-state index contributed by atoms with van der Waals surface area (Å²) >= 11 is 0. The number of hydrogen-bond acceptors (Lipinski definition) is 6. The Hall–Kier alpha value is -2.04. The van der Waals surface area contributed by atoms with Crippen LogP contribution in [0, 0.1) is 5.92 Å². The van der Waals surface area contributed by atoms with Gasteiger partial charge in [-0.25, -0.2) is 17.8 Å². The molecule has 25 heavy (non-hydrogen) atoms. The standard InChI is InChI=1S/C15H20FN3O5S/c16-12(9-17)5-8-24-14-2-1-13(10-18-14)25(22,23)19-6-3-11(4-7-19)15(20)21/h1-2,5,10-11H,3-4,6-9,17H2,(H,20,21)/b12-5-. The second-order valence-electron chi connectivity index (χ2n) is 5.51. The van der Waals surface area contributed by atoms with Crippen LogP contribution >= 0.6 is 0 Å². The molecule has 2 rings (SSSR count). The Morgan fingerprint density at radius 3 is 2.64 bits per heavy atom. The third-order valence-electron chi connectivity index (χ3n) is 3.88. The van der Waals surface area contributed by atoms with Gasteiger partial charge in [-0.2, -0.15) is 4.31 Å². The van der Waals surface area contributed by atoms with Crippen LogP contribution in [0.15, 0.2) is 35.1 Å². The molecule has 1 fully saturated rings. The minimum Gasteiger partial charge on any atom is -0.481 e. The summed E-state index contributed by atoms with van der Waals surface area (Å²) in [5.74, 6) is -1.77. The minimum absolute atomic E-state index is 0.00249. The molecule has 1 aliphatic heterocycles. The number of carboxylic acid groups (broad SMARTS) is 1. The van der Waals surface area contributed by atoms with E-state index in [1.807, 2.05) is 0 Å².